The maximum atomic E-state index is 11.6. The molecule has 1 aromatic carbocycles. The molecule has 1 aromatic heterocycles. The molecule has 0 aliphatic rings. The maximum Gasteiger partial charge on any atom is 0.414 e. The van der Waals surface area contributed by atoms with Crippen molar-refractivity contribution in [3.8, 4) is 5.88 Å². The lowest BCUT2D eigenvalue weighted by atomic mass is 10.1. The normalized spacial score (nSPS) is 11.3. The van der Waals surface area contributed by atoms with E-state index in [1.807, 2.05) is 26.8 Å². The highest BCUT2D eigenvalue weighted by Crippen LogP contribution is 2.23. The molecule has 6 nitrogen and oxygen atoms in total. The first-order chi connectivity index (χ1) is 10.2. The van der Waals surface area contributed by atoms with Crippen molar-refractivity contribution in [2.75, 3.05) is 0 Å². The van der Waals surface area contributed by atoms with Crippen molar-refractivity contribution in [2.45, 2.75) is 32.9 Å². The predicted octanol–water partition coefficient (Wildman–Crippen LogP) is 3.52. The van der Waals surface area contributed by atoms with Crippen LogP contribution < -0.4 is 10.1 Å². The molecule has 8 heteroatoms. The monoisotopic (exact) mass is 342 g/mol. The van der Waals surface area contributed by atoms with Crippen LogP contribution in [0.2, 0.25) is 10.0 Å². The van der Waals surface area contributed by atoms with Crippen LogP contribution in [0.15, 0.2) is 24.4 Å². The Morgan fingerprint density at radius 2 is 2.05 bits per heavy atom. The Kier molecular flexibility index (Phi) is 4.93. The number of rotatable bonds is 3. The third kappa shape index (κ3) is 4.89. The molecule has 2 aromatic rings. The van der Waals surface area contributed by atoms with Crippen LogP contribution in [0.25, 0.3) is 0 Å². The second-order valence-corrected chi connectivity index (χ2v) is 6.58. The zero-order valence-electron chi connectivity index (χ0n) is 12.4. The number of nitrogens with one attached hydrogen (secondary N) is 1. The predicted molar refractivity (Wildman–Crippen MR) is 84.5 cm³/mol. The van der Waals surface area contributed by atoms with Crippen molar-refractivity contribution in [1.82, 2.24) is 20.3 Å². The smallest absolute Gasteiger partial charge is 0.388 e. The lowest BCUT2D eigenvalue weighted by Gasteiger charge is -2.18. The average Bonchev–Trinajstić information content (AvgIpc) is 2.78. The van der Waals surface area contributed by atoms with Gasteiger partial charge in [0.15, 0.2) is 0 Å². The van der Waals surface area contributed by atoms with E-state index >= 15 is 0 Å². The summed E-state index contributed by atoms with van der Waals surface area (Å²) >= 11 is 11.8. The van der Waals surface area contributed by atoms with Gasteiger partial charge in [-0.1, -0.05) is 39.6 Å². The number of aromatic nitrogens is 3. The average molecular weight is 343 g/mol. The van der Waals surface area contributed by atoms with E-state index in [0.29, 0.717) is 16.6 Å². The summed E-state index contributed by atoms with van der Waals surface area (Å²) in [5, 5.41) is 11.3. The molecular weight excluding hydrogens is 327 g/mol. The molecular formula is C14H16Cl2N4O2. The Morgan fingerprint density at radius 1 is 1.32 bits per heavy atom. The quantitative estimate of drug-likeness (QED) is 0.926. The number of hydrogen-bond acceptors (Lipinski definition) is 4. The molecule has 0 saturated carbocycles. The molecule has 0 aliphatic carbocycles. The van der Waals surface area contributed by atoms with Crippen LogP contribution in [-0.2, 0) is 6.54 Å². The van der Waals surface area contributed by atoms with E-state index in [0.717, 1.165) is 5.56 Å². The summed E-state index contributed by atoms with van der Waals surface area (Å²) in [6.07, 6.45) is 0.958. The van der Waals surface area contributed by atoms with Gasteiger partial charge < -0.3 is 10.1 Å². The van der Waals surface area contributed by atoms with Crippen LogP contribution in [0.5, 0.6) is 5.88 Å². The minimum absolute atomic E-state index is 0.127. The molecule has 0 bridgehead atoms. The molecule has 0 atom stereocenters. The number of carbonyl (C=O) groups excluding carboxylic acids is 1. The van der Waals surface area contributed by atoms with E-state index in [2.05, 4.69) is 15.6 Å². The fraction of sp³-hybridized carbons (Fsp3) is 0.357. The van der Waals surface area contributed by atoms with Crippen molar-refractivity contribution in [3.05, 3.63) is 40.0 Å². The molecule has 1 N–H and O–H groups in total. The van der Waals surface area contributed by atoms with Gasteiger partial charge in [-0.05, 0) is 38.5 Å². The van der Waals surface area contributed by atoms with Gasteiger partial charge >= 0.3 is 6.09 Å². The summed E-state index contributed by atoms with van der Waals surface area (Å²) in [5.74, 6) is 0.127. The zero-order valence-corrected chi connectivity index (χ0v) is 13.9. The van der Waals surface area contributed by atoms with Gasteiger partial charge in [-0.25, -0.2) is 9.48 Å². The summed E-state index contributed by atoms with van der Waals surface area (Å²) < 4.78 is 6.60. The second kappa shape index (κ2) is 6.54. The van der Waals surface area contributed by atoms with Gasteiger partial charge in [0, 0.05) is 5.54 Å². The molecule has 22 heavy (non-hydrogen) atoms. The summed E-state index contributed by atoms with van der Waals surface area (Å²) in [5.41, 5.74) is 0.526. The summed E-state index contributed by atoms with van der Waals surface area (Å²) in [6.45, 7) is 6.01. The van der Waals surface area contributed by atoms with E-state index in [4.69, 9.17) is 27.9 Å². The first-order valence-electron chi connectivity index (χ1n) is 6.57. The first kappa shape index (κ1) is 16.6. The first-order valence-corrected chi connectivity index (χ1v) is 7.32. The Morgan fingerprint density at radius 3 is 2.68 bits per heavy atom. The van der Waals surface area contributed by atoms with Crippen LogP contribution in [0.1, 0.15) is 26.3 Å². The van der Waals surface area contributed by atoms with Crippen molar-refractivity contribution in [3.63, 3.8) is 0 Å². The zero-order chi connectivity index (χ0) is 16.3. The second-order valence-electron chi connectivity index (χ2n) is 5.77. The maximum absolute atomic E-state index is 11.6. The van der Waals surface area contributed by atoms with Gasteiger partial charge in [-0.3, -0.25) is 0 Å². The SMILES string of the molecule is CC(C)(C)NC(=O)Oc1cn(Cc2ccc(Cl)c(Cl)c2)nn1. The molecule has 1 heterocycles. The van der Waals surface area contributed by atoms with Crippen LogP contribution in [0.3, 0.4) is 0 Å². The van der Waals surface area contributed by atoms with Crippen LogP contribution in [0.4, 0.5) is 4.79 Å². The number of amides is 1. The molecule has 0 spiro atoms. The van der Waals surface area contributed by atoms with Crippen molar-refractivity contribution in [1.29, 1.82) is 0 Å². The van der Waals surface area contributed by atoms with Crippen LogP contribution >= 0.6 is 23.2 Å². The van der Waals surface area contributed by atoms with Gasteiger partial charge in [0.1, 0.15) is 0 Å². The van der Waals surface area contributed by atoms with Gasteiger partial charge in [0.25, 0.3) is 5.88 Å². The molecule has 118 valence electrons. The Labute approximate surface area is 138 Å². The highest BCUT2D eigenvalue weighted by Gasteiger charge is 2.16. The Balaban J connectivity index is 1.99. The standard InChI is InChI=1S/C14H16Cl2N4O2/c1-14(2,3)17-13(21)22-12-8-20(19-18-12)7-9-4-5-10(15)11(16)6-9/h4-6,8H,7H2,1-3H3,(H,17,21). The Bertz CT molecular complexity index is 680. The summed E-state index contributed by atoms with van der Waals surface area (Å²) in [6, 6.07) is 5.30. The summed E-state index contributed by atoms with van der Waals surface area (Å²) in [7, 11) is 0. The van der Waals surface area contributed by atoms with Gasteiger partial charge in [0.05, 0.1) is 22.8 Å². The van der Waals surface area contributed by atoms with E-state index in [1.165, 1.54) is 6.20 Å². The van der Waals surface area contributed by atoms with Gasteiger partial charge in [-0.15, -0.1) is 0 Å². The largest absolute Gasteiger partial charge is 0.414 e. The lowest BCUT2D eigenvalue weighted by molar-refractivity contribution is 0.188. The van der Waals surface area contributed by atoms with Crippen molar-refractivity contribution in [2.24, 2.45) is 0 Å². The molecule has 2 rings (SSSR count). The van der Waals surface area contributed by atoms with E-state index < -0.39 is 6.09 Å². The number of halogens is 2. The minimum Gasteiger partial charge on any atom is -0.388 e. The topological polar surface area (TPSA) is 69.0 Å². The molecule has 0 fully saturated rings. The molecule has 0 aliphatic heterocycles. The third-order valence-electron chi connectivity index (χ3n) is 2.52. The lowest BCUT2D eigenvalue weighted by Crippen LogP contribution is -2.42. The molecule has 0 radical (unpaired) electrons. The number of benzene rings is 1. The highest BCUT2D eigenvalue weighted by atomic mass is 35.5. The molecule has 1 amide bonds. The van der Waals surface area contributed by atoms with Crippen molar-refractivity contribution >= 4 is 29.3 Å². The number of nitrogens with zero attached hydrogens (tertiary/aromatic N) is 3. The third-order valence-corrected chi connectivity index (χ3v) is 3.26. The Hall–Kier alpha value is -1.79. The fourth-order valence-electron chi connectivity index (χ4n) is 1.66. The number of carbonyl (C=O) groups is 1. The van der Waals surface area contributed by atoms with Crippen LogP contribution in [0, 0.1) is 0 Å². The van der Waals surface area contributed by atoms with E-state index in [1.54, 1.807) is 16.8 Å². The minimum atomic E-state index is -0.575. The van der Waals surface area contributed by atoms with Crippen LogP contribution in [-0.4, -0.2) is 26.6 Å². The number of ether oxygens (including phenoxy) is 1. The number of hydrogen-bond donors (Lipinski definition) is 1. The molecule has 0 unspecified atom stereocenters. The van der Waals surface area contributed by atoms with E-state index in [9.17, 15) is 4.79 Å². The highest BCUT2D eigenvalue weighted by molar-refractivity contribution is 6.42. The van der Waals surface area contributed by atoms with Gasteiger partial charge in [0.2, 0.25) is 0 Å². The van der Waals surface area contributed by atoms with Gasteiger partial charge in [-0.2, -0.15) is 0 Å². The van der Waals surface area contributed by atoms with E-state index in [-0.39, 0.29) is 11.4 Å². The molecule has 0 saturated heterocycles. The fourth-order valence-corrected chi connectivity index (χ4v) is 1.98. The van der Waals surface area contributed by atoms with Crippen molar-refractivity contribution < 1.29 is 9.53 Å². The summed E-state index contributed by atoms with van der Waals surface area (Å²) in [4.78, 5) is 11.6.